The van der Waals surface area contributed by atoms with Gasteiger partial charge in [0.05, 0.1) is 30.6 Å². The lowest BCUT2D eigenvalue weighted by Gasteiger charge is -2.15. The van der Waals surface area contributed by atoms with E-state index in [9.17, 15) is 0 Å². The molecule has 112 valence electrons. The predicted molar refractivity (Wildman–Crippen MR) is 91.0 cm³/mol. The van der Waals surface area contributed by atoms with Gasteiger partial charge in [0, 0.05) is 0 Å². The van der Waals surface area contributed by atoms with Crippen molar-refractivity contribution in [1.29, 1.82) is 0 Å². The lowest BCUT2D eigenvalue weighted by Crippen LogP contribution is -1.97. The van der Waals surface area contributed by atoms with Crippen molar-refractivity contribution in [3.05, 3.63) is 52.0 Å². The summed E-state index contributed by atoms with van der Waals surface area (Å²) in [6.07, 6.45) is 0. The molecular formula is C16H16Br2O3. The van der Waals surface area contributed by atoms with Crippen molar-refractivity contribution in [2.75, 3.05) is 21.3 Å². The molecule has 1 atom stereocenters. The molecule has 1 unspecified atom stereocenters. The molecule has 0 aliphatic carbocycles. The van der Waals surface area contributed by atoms with Crippen LogP contribution in [0.25, 0.3) is 0 Å². The molecule has 5 heteroatoms. The van der Waals surface area contributed by atoms with E-state index in [-0.39, 0.29) is 4.83 Å². The molecule has 0 radical (unpaired) electrons. The van der Waals surface area contributed by atoms with Crippen LogP contribution in [-0.4, -0.2) is 21.3 Å². The van der Waals surface area contributed by atoms with Gasteiger partial charge in [-0.2, -0.15) is 0 Å². The van der Waals surface area contributed by atoms with Crippen LogP contribution in [-0.2, 0) is 0 Å². The summed E-state index contributed by atoms with van der Waals surface area (Å²) >= 11 is 7.24. The molecule has 0 heterocycles. The van der Waals surface area contributed by atoms with Crippen LogP contribution in [0.15, 0.2) is 40.9 Å². The first-order valence-corrected chi connectivity index (χ1v) is 8.01. The molecule has 0 amide bonds. The van der Waals surface area contributed by atoms with E-state index in [4.69, 9.17) is 14.2 Å². The van der Waals surface area contributed by atoms with Crippen molar-refractivity contribution in [1.82, 2.24) is 0 Å². The highest BCUT2D eigenvalue weighted by Crippen LogP contribution is 2.38. The van der Waals surface area contributed by atoms with Crippen molar-refractivity contribution in [3.63, 3.8) is 0 Å². The van der Waals surface area contributed by atoms with Crippen LogP contribution >= 0.6 is 31.9 Å². The molecule has 0 fully saturated rings. The van der Waals surface area contributed by atoms with E-state index in [2.05, 4.69) is 31.9 Å². The maximum atomic E-state index is 5.35. The molecule has 0 saturated heterocycles. The van der Waals surface area contributed by atoms with Crippen molar-refractivity contribution < 1.29 is 14.2 Å². The van der Waals surface area contributed by atoms with Crippen molar-refractivity contribution in [2.45, 2.75) is 4.83 Å². The number of ether oxygens (including phenoxy) is 3. The quantitative estimate of drug-likeness (QED) is 0.646. The average molecular weight is 416 g/mol. The summed E-state index contributed by atoms with van der Waals surface area (Å²) in [7, 11) is 4.91. The smallest absolute Gasteiger partial charge is 0.161 e. The van der Waals surface area contributed by atoms with Gasteiger partial charge in [-0.15, -0.1) is 0 Å². The van der Waals surface area contributed by atoms with Crippen LogP contribution < -0.4 is 14.2 Å². The van der Waals surface area contributed by atoms with E-state index >= 15 is 0 Å². The highest BCUT2D eigenvalue weighted by molar-refractivity contribution is 9.10. The Morgan fingerprint density at radius 1 is 0.762 bits per heavy atom. The van der Waals surface area contributed by atoms with Crippen LogP contribution in [0.2, 0.25) is 0 Å². The minimum absolute atomic E-state index is 0.0551. The summed E-state index contributed by atoms with van der Waals surface area (Å²) in [6, 6.07) is 11.9. The van der Waals surface area contributed by atoms with Gasteiger partial charge in [-0.25, -0.2) is 0 Å². The summed E-state index contributed by atoms with van der Waals surface area (Å²) in [5, 5.41) is 0. The van der Waals surface area contributed by atoms with E-state index in [0.717, 1.165) is 27.1 Å². The number of hydrogen-bond acceptors (Lipinski definition) is 3. The Balaban J connectivity index is 2.35. The Labute approximate surface area is 141 Å². The van der Waals surface area contributed by atoms with Gasteiger partial charge >= 0.3 is 0 Å². The van der Waals surface area contributed by atoms with Gasteiger partial charge in [0.25, 0.3) is 0 Å². The van der Waals surface area contributed by atoms with E-state index < -0.39 is 0 Å². The summed E-state index contributed by atoms with van der Waals surface area (Å²) in [5.74, 6) is 2.25. The summed E-state index contributed by atoms with van der Waals surface area (Å²) in [6.45, 7) is 0. The third kappa shape index (κ3) is 3.52. The van der Waals surface area contributed by atoms with E-state index in [1.165, 1.54) is 0 Å². The first-order chi connectivity index (χ1) is 10.1. The fraction of sp³-hybridized carbons (Fsp3) is 0.250. The van der Waals surface area contributed by atoms with Gasteiger partial charge in [0.2, 0.25) is 0 Å². The highest BCUT2D eigenvalue weighted by Gasteiger charge is 2.15. The second-order valence-corrected chi connectivity index (χ2v) is 6.14. The third-order valence-corrected chi connectivity index (χ3v) is 4.85. The van der Waals surface area contributed by atoms with Crippen LogP contribution in [0.3, 0.4) is 0 Å². The zero-order valence-corrected chi connectivity index (χ0v) is 15.2. The summed E-state index contributed by atoms with van der Waals surface area (Å²) in [4.78, 5) is 0.0551. The molecule has 0 aliphatic rings. The Hall–Kier alpha value is -1.20. The second-order valence-electron chi connectivity index (χ2n) is 4.37. The van der Waals surface area contributed by atoms with Crippen LogP contribution in [0, 0.1) is 0 Å². The zero-order valence-electron chi connectivity index (χ0n) is 12.0. The van der Waals surface area contributed by atoms with Gasteiger partial charge in [-0.1, -0.05) is 28.1 Å². The van der Waals surface area contributed by atoms with Gasteiger partial charge in [0.15, 0.2) is 11.5 Å². The minimum Gasteiger partial charge on any atom is -0.496 e. The standard InChI is InChI=1S/C16H16Br2O3/c1-19-13-6-4-10(8-12(13)17)16(18)11-5-7-14(20-2)15(9-11)21-3/h4-9,16H,1-3H3. The molecule has 0 N–H and O–H groups in total. The zero-order chi connectivity index (χ0) is 15.4. The topological polar surface area (TPSA) is 27.7 Å². The normalized spacial score (nSPS) is 11.9. The van der Waals surface area contributed by atoms with Crippen LogP contribution in [0.5, 0.6) is 17.2 Å². The molecule has 21 heavy (non-hydrogen) atoms. The van der Waals surface area contributed by atoms with Crippen LogP contribution in [0.1, 0.15) is 16.0 Å². The summed E-state index contributed by atoms with van der Waals surface area (Å²) < 4.78 is 16.8. The Bertz CT molecular complexity index is 629. The number of rotatable bonds is 5. The Kier molecular flexibility index (Phi) is 5.53. The van der Waals surface area contributed by atoms with Gasteiger partial charge in [-0.3, -0.25) is 0 Å². The largest absolute Gasteiger partial charge is 0.496 e. The van der Waals surface area contributed by atoms with Gasteiger partial charge in [0.1, 0.15) is 5.75 Å². The molecule has 0 saturated carbocycles. The number of methoxy groups -OCH3 is 3. The number of benzene rings is 2. The maximum Gasteiger partial charge on any atom is 0.161 e. The predicted octanol–water partition coefficient (Wildman–Crippen LogP) is 4.96. The molecule has 0 aromatic heterocycles. The summed E-state index contributed by atoms with van der Waals surface area (Å²) in [5.41, 5.74) is 2.21. The van der Waals surface area contributed by atoms with E-state index in [1.807, 2.05) is 36.4 Å². The van der Waals surface area contributed by atoms with Gasteiger partial charge in [-0.05, 0) is 51.3 Å². The Morgan fingerprint density at radius 2 is 1.29 bits per heavy atom. The molecule has 3 nitrogen and oxygen atoms in total. The fourth-order valence-electron chi connectivity index (χ4n) is 2.04. The minimum atomic E-state index is 0.0551. The first kappa shape index (κ1) is 16.2. The second kappa shape index (κ2) is 7.18. The molecule has 0 aliphatic heterocycles. The van der Waals surface area contributed by atoms with E-state index in [0.29, 0.717) is 5.75 Å². The molecule has 2 aromatic carbocycles. The monoisotopic (exact) mass is 414 g/mol. The number of hydrogen-bond donors (Lipinski definition) is 0. The molecule has 2 aromatic rings. The molecule has 0 bridgehead atoms. The lowest BCUT2D eigenvalue weighted by molar-refractivity contribution is 0.354. The van der Waals surface area contributed by atoms with Crippen molar-refractivity contribution in [2.24, 2.45) is 0 Å². The maximum absolute atomic E-state index is 5.35. The molecular weight excluding hydrogens is 400 g/mol. The van der Waals surface area contributed by atoms with Gasteiger partial charge < -0.3 is 14.2 Å². The van der Waals surface area contributed by atoms with Crippen molar-refractivity contribution in [3.8, 4) is 17.2 Å². The lowest BCUT2D eigenvalue weighted by atomic mass is 10.0. The average Bonchev–Trinajstić information content (AvgIpc) is 2.53. The molecule has 0 spiro atoms. The highest BCUT2D eigenvalue weighted by atomic mass is 79.9. The SMILES string of the molecule is COc1ccc(C(Br)c2ccc(OC)c(OC)c2)cc1Br. The first-order valence-electron chi connectivity index (χ1n) is 6.30. The number of alkyl halides is 1. The number of halogens is 2. The Morgan fingerprint density at radius 3 is 1.81 bits per heavy atom. The third-order valence-electron chi connectivity index (χ3n) is 3.17. The van der Waals surface area contributed by atoms with Crippen molar-refractivity contribution >= 4 is 31.9 Å². The fourth-order valence-corrected chi connectivity index (χ4v) is 3.17. The van der Waals surface area contributed by atoms with E-state index in [1.54, 1.807) is 21.3 Å². The molecule has 2 rings (SSSR count). The van der Waals surface area contributed by atoms with Crippen LogP contribution in [0.4, 0.5) is 0 Å².